The van der Waals surface area contributed by atoms with Crippen molar-refractivity contribution in [3.8, 4) is 5.75 Å². The molecule has 1 aromatic carbocycles. The zero-order chi connectivity index (χ0) is 12.5. The van der Waals surface area contributed by atoms with Crippen molar-refractivity contribution in [2.75, 3.05) is 12.8 Å². The second kappa shape index (κ2) is 4.31. The monoisotopic (exact) mass is 291 g/mol. The topological polar surface area (TPSA) is 122 Å². The van der Waals surface area contributed by atoms with Gasteiger partial charge in [0.1, 0.15) is 11.8 Å². The summed E-state index contributed by atoms with van der Waals surface area (Å²) in [6, 6.07) is 0.763. The molecule has 0 unspecified atom stereocenters. The molecule has 0 aromatic heterocycles. The summed E-state index contributed by atoms with van der Waals surface area (Å²) in [7, 11) is 1.21. The lowest BCUT2D eigenvalue weighted by Crippen LogP contribution is -2.02. The highest BCUT2D eigenvalue weighted by atomic mass is 79.9. The van der Waals surface area contributed by atoms with E-state index < -0.39 is 21.2 Å². The number of nitrogens with two attached hydrogens (primary N) is 1. The first-order valence-corrected chi connectivity index (χ1v) is 4.64. The molecular weight excluding hydrogens is 286 g/mol. The highest BCUT2D eigenvalue weighted by Crippen LogP contribution is 2.43. The van der Waals surface area contributed by atoms with Gasteiger partial charge in [-0.2, -0.15) is 0 Å². The van der Waals surface area contributed by atoms with E-state index in [4.69, 9.17) is 10.5 Å². The molecule has 0 saturated heterocycles. The number of benzene rings is 1. The second-order valence-electron chi connectivity index (χ2n) is 2.69. The molecule has 0 fully saturated rings. The second-order valence-corrected chi connectivity index (χ2v) is 3.48. The van der Waals surface area contributed by atoms with E-state index in [-0.39, 0.29) is 15.9 Å². The van der Waals surface area contributed by atoms with Gasteiger partial charge in [-0.05, 0) is 15.9 Å². The molecule has 86 valence electrons. The Balaban J connectivity index is 3.62. The summed E-state index contributed by atoms with van der Waals surface area (Å²) < 4.78 is 4.76. The van der Waals surface area contributed by atoms with Gasteiger partial charge in [-0.25, -0.2) is 0 Å². The molecular formula is C7H6BrN3O5. The number of hydrogen-bond acceptors (Lipinski definition) is 6. The molecule has 0 spiro atoms. The van der Waals surface area contributed by atoms with Gasteiger partial charge in [0, 0.05) is 0 Å². The standard InChI is InChI=1S/C7H6BrN3O5/c1-16-7-4(11(14)15)2-3(10(12)13)6(9)5(7)8/h2H,9H2,1H3. The molecule has 8 nitrogen and oxygen atoms in total. The minimum absolute atomic E-state index is 0.00380. The van der Waals surface area contributed by atoms with E-state index >= 15 is 0 Å². The third kappa shape index (κ3) is 1.89. The van der Waals surface area contributed by atoms with E-state index in [1.54, 1.807) is 0 Å². The van der Waals surface area contributed by atoms with E-state index in [9.17, 15) is 20.2 Å². The van der Waals surface area contributed by atoms with E-state index in [1.165, 1.54) is 7.11 Å². The Bertz CT molecular complexity index is 476. The maximum absolute atomic E-state index is 10.7. The van der Waals surface area contributed by atoms with Crippen molar-refractivity contribution in [3.63, 3.8) is 0 Å². The molecule has 16 heavy (non-hydrogen) atoms. The zero-order valence-electron chi connectivity index (χ0n) is 7.97. The fraction of sp³-hybridized carbons (Fsp3) is 0.143. The lowest BCUT2D eigenvalue weighted by Gasteiger charge is -2.06. The number of ether oxygens (including phenoxy) is 1. The SMILES string of the molecule is COc1c([N+](=O)[O-])cc([N+](=O)[O-])c(N)c1Br. The Labute approximate surface area is 97.4 Å². The number of methoxy groups -OCH3 is 1. The van der Waals surface area contributed by atoms with Gasteiger partial charge in [-0.1, -0.05) is 0 Å². The fourth-order valence-electron chi connectivity index (χ4n) is 1.10. The Morgan fingerprint density at radius 1 is 1.31 bits per heavy atom. The Morgan fingerprint density at radius 2 is 1.81 bits per heavy atom. The van der Waals surface area contributed by atoms with Gasteiger partial charge >= 0.3 is 5.69 Å². The van der Waals surface area contributed by atoms with E-state index in [0.29, 0.717) is 0 Å². The number of nitrogens with zero attached hydrogens (tertiary/aromatic N) is 2. The van der Waals surface area contributed by atoms with Crippen LogP contribution in [0.3, 0.4) is 0 Å². The maximum Gasteiger partial charge on any atom is 0.319 e. The number of halogens is 1. The number of nitrogen functional groups attached to an aromatic ring is 1. The average Bonchev–Trinajstić information content (AvgIpc) is 2.20. The summed E-state index contributed by atoms with van der Waals surface area (Å²) in [5.74, 6) is -0.145. The normalized spacial score (nSPS) is 9.88. The van der Waals surface area contributed by atoms with Gasteiger partial charge in [0.05, 0.1) is 21.4 Å². The van der Waals surface area contributed by atoms with Gasteiger partial charge in [0.15, 0.2) is 0 Å². The average molecular weight is 292 g/mol. The molecule has 0 atom stereocenters. The molecule has 0 saturated carbocycles. The van der Waals surface area contributed by atoms with Crippen LogP contribution in [0.2, 0.25) is 0 Å². The predicted octanol–water partition coefficient (Wildman–Crippen LogP) is 1.86. The van der Waals surface area contributed by atoms with Crippen molar-refractivity contribution < 1.29 is 14.6 Å². The van der Waals surface area contributed by atoms with E-state index in [1.807, 2.05) is 0 Å². The van der Waals surface area contributed by atoms with Crippen molar-refractivity contribution in [1.29, 1.82) is 0 Å². The first-order valence-electron chi connectivity index (χ1n) is 3.84. The molecule has 9 heteroatoms. The first kappa shape index (κ1) is 12.2. The molecule has 0 amide bonds. The first-order chi connectivity index (χ1) is 7.40. The Morgan fingerprint density at radius 3 is 2.19 bits per heavy atom. The highest BCUT2D eigenvalue weighted by Gasteiger charge is 2.28. The maximum atomic E-state index is 10.7. The van der Waals surface area contributed by atoms with Crippen LogP contribution in [0.1, 0.15) is 0 Å². The van der Waals surface area contributed by atoms with Crippen molar-refractivity contribution >= 4 is 33.0 Å². The third-order valence-corrected chi connectivity index (χ3v) is 2.60. The van der Waals surface area contributed by atoms with Crippen LogP contribution in [0.5, 0.6) is 5.75 Å². The largest absolute Gasteiger partial charge is 0.489 e. The van der Waals surface area contributed by atoms with Gasteiger partial charge in [-0.15, -0.1) is 0 Å². The van der Waals surface area contributed by atoms with Gasteiger partial charge in [0.25, 0.3) is 5.69 Å². The summed E-state index contributed by atoms with van der Waals surface area (Å²) in [6.07, 6.45) is 0. The number of nitro groups is 2. The molecule has 0 aliphatic carbocycles. The number of nitro benzene ring substituents is 2. The molecule has 1 rings (SSSR count). The van der Waals surface area contributed by atoms with Crippen molar-refractivity contribution in [3.05, 3.63) is 30.8 Å². The van der Waals surface area contributed by atoms with E-state index in [2.05, 4.69) is 15.9 Å². The van der Waals surface area contributed by atoms with Crippen LogP contribution in [0, 0.1) is 20.2 Å². The molecule has 0 aliphatic rings. The molecule has 0 bridgehead atoms. The van der Waals surface area contributed by atoms with Crippen molar-refractivity contribution in [2.45, 2.75) is 0 Å². The van der Waals surface area contributed by atoms with Crippen molar-refractivity contribution in [1.82, 2.24) is 0 Å². The van der Waals surface area contributed by atoms with Crippen LogP contribution in [0.25, 0.3) is 0 Å². The van der Waals surface area contributed by atoms with Crippen LogP contribution in [0.15, 0.2) is 10.5 Å². The number of rotatable bonds is 3. The van der Waals surface area contributed by atoms with Crippen molar-refractivity contribution in [2.24, 2.45) is 0 Å². The summed E-state index contributed by atoms with van der Waals surface area (Å²) in [5.41, 5.74) is 4.16. The summed E-state index contributed by atoms with van der Waals surface area (Å²) >= 11 is 2.92. The van der Waals surface area contributed by atoms with Gasteiger partial charge < -0.3 is 10.5 Å². The van der Waals surface area contributed by atoms with E-state index in [0.717, 1.165) is 6.07 Å². The lowest BCUT2D eigenvalue weighted by atomic mass is 10.2. The molecule has 0 aliphatic heterocycles. The zero-order valence-corrected chi connectivity index (χ0v) is 9.55. The molecule has 2 N–H and O–H groups in total. The van der Waals surface area contributed by atoms with Crippen LogP contribution in [-0.2, 0) is 0 Å². The molecule has 0 heterocycles. The predicted molar refractivity (Wildman–Crippen MR) is 58.4 cm³/mol. The smallest absolute Gasteiger partial charge is 0.319 e. The fourth-order valence-corrected chi connectivity index (χ4v) is 1.67. The molecule has 1 aromatic rings. The quantitative estimate of drug-likeness (QED) is 0.515. The van der Waals surface area contributed by atoms with Crippen LogP contribution >= 0.6 is 15.9 Å². The van der Waals surface area contributed by atoms with Gasteiger partial charge in [0.2, 0.25) is 5.75 Å². The minimum Gasteiger partial charge on any atom is -0.489 e. The van der Waals surface area contributed by atoms with Crippen LogP contribution < -0.4 is 10.5 Å². The lowest BCUT2D eigenvalue weighted by molar-refractivity contribution is -0.394. The summed E-state index contributed by atoms with van der Waals surface area (Å²) in [6.45, 7) is 0. The van der Waals surface area contributed by atoms with Crippen LogP contribution in [-0.4, -0.2) is 17.0 Å². The van der Waals surface area contributed by atoms with Gasteiger partial charge in [-0.3, -0.25) is 20.2 Å². The third-order valence-electron chi connectivity index (χ3n) is 1.82. The van der Waals surface area contributed by atoms with Crippen LogP contribution in [0.4, 0.5) is 17.1 Å². The highest BCUT2D eigenvalue weighted by molar-refractivity contribution is 9.10. The Kier molecular flexibility index (Phi) is 3.28. The summed E-state index contributed by atoms with van der Waals surface area (Å²) in [5, 5.41) is 21.3. The minimum atomic E-state index is -0.799. The molecule has 0 radical (unpaired) electrons. The number of anilines is 1. The summed E-state index contributed by atoms with van der Waals surface area (Å²) in [4.78, 5) is 19.7. The Hall–Kier alpha value is -1.90. The number of hydrogen-bond donors (Lipinski definition) is 1.